The Kier molecular flexibility index (Phi) is 4.71. The molecule has 0 radical (unpaired) electrons. The van der Waals surface area contributed by atoms with Crippen molar-refractivity contribution in [1.29, 1.82) is 0 Å². The molecular weight excluding hydrogens is 274 g/mol. The summed E-state index contributed by atoms with van der Waals surface area (Å²) in [5.41, 5.74) is 1.37. The molecule has 2 aromatic rings. The van der Waals surface area contributed by atoms with E-state index >= 15 is 0 Å². The van der Waals surface area contributed by atoms with E-state index in [4.69, 9.17) is 16.0 Å². The van der Waals surface area contributed by atoms with Crippen LogP contribution in [0.3, 0.4) is 0 Å². The Balaban J connectivity index is 2.02. The zero-order valence-electron chi connectivity index (χ0n) is 11.9. The molecule has 0 unspecified atom stereocenters. The second kappa shape index (κ2) is 6.31. The van der Waals surface area contributed by atoms with E-state index in [9.17, 15) is 4.79 Å². The van der Waals surface area contributed by atoms with Crippen molar-refractivity contribution < 1.29 is 9.21 Å². The Morgan fingerprint density at radius 3 is 2.85 bits per heavy atom. The summed E-state index contributed by atoms with van der Waals surface area (Å²) < 4.78 is 5.39. The van der Waals surface area contributed by atoms with Crippen LogP contribution >= 0.6 is 11.6 Å². The maximum absolute atomic E-state index is 12.2. The van der Waals surface area contributed by atoms with Gasteiger partial charge in [-0.15, -0.1) is 11.6 Å². The standard InChI is InChI=1S/C16H20ClNO2/c1-16(2,8-5-9-17)11-18-15(19)13-10-20-14-7-4-3-6-12(13)14/h3-4,6-7,10H,5,8-9,11H2,1-2H3,(H,18,19). The first-order valence-electron chi connectivity index (χ1n) is 6.84. The number of hydrogen-bond acceptors (Lipinski definition) is 2. The molecule has 0 atom stereocenters. The van der Waals surface area contributed by atoms with Crippen LogP contribution in [0, 0.1) is 5.41 Å². The van der Waals surface area contributed by atoms with Crippen LogP contribution < -0.4 is 5.32 Å². The number of alkyl halides is 1. The van der Waals surface area contributed by atoms with Crippen molar-refractivity contribution in [2.45, 2.75) is 26.7 Å². The van der Waals surface area contributed by atoms with Crippen LogP contribution in [0.15, 0.2) is 34.9 Å². The van der Waals surface area contributed by atoms with E-state index in [1.807, 2.05) is 24.3 Å². The van der Waals surface area contributed by atoms with Gasteiger partial charge in [-0.05, 0) is 24.3 Å². The second-order valence-electron chi connectivity index (χ2n) is 5.78. The molecule has 0 saturated heterocycles. The number of benzene rings is 1. The predicted molar refractivity (Wildman–Crippen MR) is 82.3 cm³/mol. The molecule has 1 heterocycles. The van der Waals surface area contributed by atoms with Crippen molar-refractivity contribution in [2.75, 3.05) is 12.4 Å². The quantitative estimate of drug-likeness (QED) is 0.811. The molecule has 108 valence electrons. The third-order valence-corrected chi connectivity index (χ3v) is 3.71. The summed E-state index contributed by atoms with van der Waals surface area (Å²) in [6.07, 6.45) is 3.47. The summed E-state index contributed by atoms with van der Waals surface area (Å²) in [6, 6.07) is 7.55. The lowest BCUT2D eigenvalue weighted by atomic mass is 9.88. The maximum Gasteiger partial charge on any atom is 0.255 e. The van der Waals surface area contributed by atoms with Crippen LogP contribution in [0.25, 0.3) is 11.0 Å². The molecule has 2 rings (SSSR count). The second-order valence-corrected chi connectivity index (χ2v) is 6.16. The average molecular weight is 294 g/mol. The summed E-state index contributed by atoms with van der Waals surface area (Å²) >= 11 is 5.72. The van der Waals surface area contributed by atoms with Gasteiger partial charge in [0.1, 0.15) is 11.8 Å². The van der Waals surface area contributed by atoms with E-state index in [1.54, 1.807) is 0 Å². The summed E-state index contributed by atoms with van der Waals surface area (Å²) in [6.45, 7) is 4.89. The molecule has 0 fully saturated rings. The molecule has 0 aliphatic heterocycles. The molecule has 1 N–H and O–H groups in total. The number of amides is 1. The van der Waals surface area contributed by atoms with Gasteiger partial charge in [0.25, 0.3) is 5.91 Å². The number of halogens is 1. The molecule has 20 heavy (non-hydrogen) atoms. The van der Waals surface area contributed by atoms with Crippen LogP contribution in [0.4, 0.5) is 0 Å². The van der Waals surface area contributed by atoms with Crippen LogP contribution in [0.5, 0.6) is 0 Å². The van der Waals surface area contributed by atoms with E-state index in [-0.39, 0.29) is 11.3 Å². The van der Waals surface area contributed by atoms with Gasteiger partial charge in [-0.2, -0.15) is 0 Å². The monoisotopic (exact) mass is 293 g/mol. The average Bonchev–Trinajstić information content (AvgIpc) is 2.87. The molecule has 4 heteroatoms. The lowest BCUT2D eigenvalue weighted by Crippen LogP contribution is -2.34. The number of rotatable bonds is 6. The first-order chi connectivity index (χ1) is 9.53. The summed E-state index contributed by atoms with van der Waals surface area (Å²) in [7, 11) is 0. The van der Waals surface area contributed by atoms with Crippen molar-refractivity contribution in [2.24, 2.45) is 5.41 Å². The molecule has 1 aromatic carbocycles. The lowest BCUT2D eigenvalue weighted by molar-refractivity contribution is 0.0935. The SMILES string of the molecule is CC(C)(CCCCl)CNC(=O)c1coc2ccccc12. The fourth-order valence-corrected chi connectivity index (χ4v) is 2.34. The molecule has 1 aromatic heterocycles. The highest BCUT2D eigenvalue weighted by atomic mass is 35.5. The molecule has 0 aliphatic carbocycles. The molecule has 3 nitrogen and oxygen atoms in total. The van der Waals surface area contributed by atoms with Crippen molar-refractivity contribution in [3.63, 3.8) is 0 Å². The largest absolute Gasteiger partial charge is 0.463 e. The van der Waals surface area contributed by atoms with Gasteiger partial charge in [0.05, 0.1) is 5.56 Å². The number of nitrogens with one attached hydrogen (secondary N) is 1. The van der Waals surface area contributed by atoms with Gasteiger partial charge in [0.2, 0.25) is 0 Å². The Bertz CT molecular complexity index is 589. The Morgan fingerprint density at radius 1 is 1.35 bits per heavy atom. The maximum atomic E-state index is 12.2. The Morgan fingerprint density at radius 2 is 2.10 bits per heavy atom. The Labute approximate surface area is 124 Å². The van der Waals surface area contributed by atoms with Crippen LogP contribution in [-0.2, 0) is 0 Å². The van der Waals surface area contributed by atoms with Gasteiger partial charge in [-0.3, -0.25) is 4.79 Å². The molecule has 0 bridgehead atoms. The van der Waals surface area contributed by atoms with Gasteiger partial charge < -0.3 is 9.73 Å². The normalized spacial score (nSPS) is 11.8. The molecule has 0 aliphatic rings. The van der Waals surface area contributed by atoms with Crippen LogP contribution in [0.2, 0.25) is 0 Å². The number of carbonyl (C=O) groups is 1. The minimum Gasteiger partial charge on any atom is -0.463 e. The van der Waals surface area contributed by atoms with Crippen molar-refractivity contribution in [1.82, 2.24) is 5.32 Å². The van der Waals surface area contributed by atoms with Crippen LogP contribution in [0.1, 0.15) is 37.0 Å². The number of carbonyl (C=O) groups excluding carboxylic acids is 1. The van der Waals surface area contributed by atoms with Gasteiger partial charge in [-0.25, -0.2) is 0 Å². The topological polar surface area (TPSA) is 42.2 Å². The molecular formula is C16H20ClNO2. The number of furan rings is 1. The summed E-state index contributed by atoms with van der Waals surface area (Å²) in [5, 5.41) is 3.83. The van der Waals surface area contributed by atoms with E-state index in [0.29, 0.717) is 18.0 Å². The molecule has 0 saturated carbocycles. The fraction of sp³-hybridized carbons (Fsp3) is 0.438. The van der Waals surface area contributed by atoms with Gasteiger partial charge in [0, 0.05) is 17.8 Å². The first-order valence-corrected chi connectivity index (χ1v) is 7.37. The zero-order valence-corrected chi connectivity index (χ0v) is 12.7. The van der Waals surface area contributed by atoms with E-state index in [0.717, 1.165) is 23.8 Å². The summed E-state index contributed by atoms with van der Waals surface area (Å²) in [5.74, 6) is 0.568. The zero-order chi connectivity index (χ0) is 14.6. The van der Waals surface area contributed by atoms with Gasteiger partial charge >= 0.3 is 0 Å². The van der Waals surface area contributed by atoms with Crippen LogP contribution in [-0.4, -0.2) is 18.3 Å². The minimum absolute atomic E-state index is 0.0457. The predicted octanol–water partition coefficient (Wildman–Crippen LogP) is 4.21. The van der Waals surface area contributed by atoms with Crippen molar-refractivity contribution in [3.05, 3.63) is 36.1 Å². The van der Waals surface area contributed by atoms with E-state index in [2.05, 4.69) is 19.2 Å². The number of fused-ring (bicyclic) bond motifs is 1. The van der Waals surface area contributed by atoms with E-state index in [1.165, 1.54) is 6.26 Å². The summed E-state index contributed by atoms with van der Waals surface area (Å²) in [4.78, 5) is 12.2. The molecule has 1 amide bonds. The van der Waals surface area contributed by atoms with E-state index < -0.39 is 0 Å². The Hall–Kier alpha value is -1.48. The van der Waals surface area contributed by atoms with Crippen molar-refractivity contribution in [3.8, 4) is 0 Å². The lowest BCUT2D eigenvalue weighted by Gasteiger charge is -2.24. The smallest absolute Gasteiger partial charge is 0.255 e. The highest BCUT2D eigenvalue weighted by Gasteiger charge is 2.20. The molecule has 0 spiro atoms. The third kappa shape index (κ3) is 3.54. The van der Waals surface area contributed by atoms with Gasteiger partial charge in [0.15, 0.2) is 0 Å². The number of para-hydroxylation sites is 1. The number of hydrogen-bond donors (Lipinski definition) is 1. The highest BCUT2D eigenvalue weighted by molar-refractivity contribution is 6.17. The fourth-order valence-electron chi connectivity index (χ4n) is 2.20. The van der Waals surface area contributed by atoms with Crippen molar-refractivity contribution >= 4 is 28.5 Å². The minimum atomic E-state index is -0.0890. The van der Waals surface area contributed by atoms with Gasteiger partial charge in [-0.1, -0.05) is 32.0 Å². The highest BCUT2D eigenvalue weighted by Crippen LogP contribution is 2.23. The first kappa shape index (κ1) is 14.9. The third-order valence-electron chi connectivity index (χ3n) is 3.44.